The van der Waals surface area contributed by atoms with Crippen molar-refractivity contribution in [2.75, 3.05) is 32.0 Å². The molecule has 3 rings (SSSR count). The zero-order valence-electron chi connectivity index (χ0n) is 12.2. The fourth-order valence-electron chi connectivity index (χ4n) is 2.42. The first kappa shape index (κ1) is 14.5. The lowest BCUT2D eigenvalue weighted by Crippen LogP contribution is -2.44. The molecule has 1 aromatic carbocycles. The Bertz CT molecular complexity index is 654. The third kappa shape index (κ3) is 3.07. The molecule has 1 aliphatic rings. The molecule has 2 heterocycles. The number of nitrogens with one attached hydrogen (secondary N) is 2. The van der Waals surface area contributed by atoms with Gasteiger partial charge in [0.25, 0.3) is 5.89 Å². The third-order valence-electron chi connectivity index (χ3n) is 3.65. The number of hydrogen-bond donors (Lipinski definition) is 3. The van der Waals surface area contributed by atoms with Crippen LogP contribution in [-0.4, -0.2) is 47.8 Å². The van der Waals surface area contributed by atoms with E-state index in [0.717, 1.165) is 25.2 Å². The predicted molar refractivity (Wildman–Crippen MR) is 81.2 cm³/mol. The number of hydrogen-bond acceptors (Lipinski definition) is 6. The molecule has 8 nitrogen and oxygen atoms in total. The van der Waals surface area contributed by atoms with Crippen LogP contribution in [0.3, 0.4) is 0 Å². The molecule has 2 aromatic rings. The average Bonchev–Trinajstić information content (AvgIpc) is 2.97. The first-order valence-corrected chi connectivity index (χ1v) is 7.05. The molecule has 0 radical (unpaired) electrons. The number of benzene rings is 1. The number of primary amides is 1. The highest BCUT2D eigenvalue weighted by atomic mass is 16.5. The van der Waals surface area contributed by atoms with Gasteiger partial charge in [-0.3, -0.25) is 4.90 Å². The molecule has 1 fully saturated rings. The highest BCUT2D eigenvalue weighted by molar-refractivity contribution is 5.88. The van der Waals surface area contributed by atoms with Crippen LogP contribution < -0.4 is 16.4 Å². The summed E-state index contributed by atoms with van der Waals surface area (Å²) in [6.45, 7) is 2.71. The first-order valence-electron chi connectivity index (χ1n) is 7.05. The summed E-state index contributed by atoms with van der Waals surface area (Å²) in [5.74, 6) is 1.13. The fraction of sp³-hybridized carbons (Fsp3) is 0.357. The van der Waals surface area contributed by atoms with Crippen LogP contribution in [0.25, 0.3) is 11.5 Å². The maximum absolute atomic E-state index is 10.8. The summed E-state index contributed by atoms with van der Waals surface area (Å²) < 4.78 is 5.35. The molecule has 0 aliphatic carbocycles. The molecule has 8 heteroatoms. The van der Waals surface area contributed by atoms with E-state index in [0.29, 0.717) is 17.4 Å². The molecular formula is C14H18N6O2. The summed E-state index contributed by atoms with van der Waals surface area (Å²) in [6.07, 6.45) is 0. The Kier molecular flexibility index (Phi) is 4.03. The van der Waals surface area contributed by atoms with Crippen molar-refractivity contribution in [1.82, 2.24) is 20.4 Å². The number of piperazine rings is 1. The van der Waals surface area contributed by atoms with Gasteiger partial charge in [0.2, 0.25) is 0 Å². The molecule has 4 N–H and O–H groups in total. The smallest absolute Gasteiger partial charge is 0.316 e. The summed E-state index contributed by atoms with van der Waals surface area (Å²) in [7, 11) is 2.05. The number of carbonyl (C=O) groups excluding carboxylic acids is 1. The van der Waals surface area contributed by atoms with Gasteiger partial charge in [0.1, 0.15) is 0 Å². The van der Waals surface area contributed by atoms with Gasteiger partial charge in [-0.2, -0.15) is 4.98 Å². The Morgan fingerprint density at radius 3 is 2.91 bits per heavy atom. The number of amides is 2. The van der Waals surface area contributed by atoms with Gasteiger partial charge in [-0.05, 0) is 31.3 Å². The summed E-state index contributed by atoms with van der Waals surface area (Å²) in [5, 5.41) is 9.91. The molecule has 0 saturated carbocycles. The maximum atomic E-state index is 10.8. The number of aromatic nitrogens is 2. The largest absolute Gasteiger partial charge is 0.351 e. The zero-order chi connectivity index (χ0) is 15.5. The molecule has 2 amide bonds. The van der Waals surface area contributed by atoms with Crippen LogP contribution in [0, 0.1) is 0 Å². The quantitative estimate of drug-likeness (QED) is 0.774. The van der Waals surface area contributed by atoms with E-state index in [1.54, 1.807) is 24.3 Å². The second-order valence-corrected chi connectivity index (χ2v) is 5.22. The van der Waals surface area contributed by atoms with Crippen LogP contribution >= 0.6 is 0 Å². The highest BCUT2D eigenvalue weighted by Crippen LogP contribution is 2.23. The number of nitrogens with zero attached hydrogens (tertiary/aromatic N) is 3. The Balaban J connectivity index is 1.77. The minimum atomic E-state index is -0.597. The van der Waals surface area contributed by atoms with E-state index in [9.17, 15) is 4.79 Å². The minimum Gasteiger partial charge on any atom is -0.351 e. The first-order chi connectivity index (χ1) is 10.6. The maximum Gasteiger partial charge on any atom is 0.316 e. The molecule has 0 bridgehead atoms. The van der Waals surface area contributed by atoms with Crippen LogP contribution in [0.2, 0.25) is 0 Å². The van der Waals surface area contributed by atoms with Gasteiger partial charge in [0, 0.05) is 30.9 Å². The van der Waals surface area contributed by atoms with E-state index in [2.05, 4.69) is 25.7 Å². The van der Waals surface area contributed by atoms with Crippen molar-refractivity contribution in [2.24, 2.45) is 5.73 Å². The third-order valence-corrected chi connectivity index (χ3v) is 3.65. The van der Waals surface area contributed by atoms with Crippen LogP contribution in [0.1, 0.15) is 11.9 Å². The van der Waals surface area contributed by atoms with Crippen LogP contribution in [0.5, 0.6) is 0 Å². The molecule has 1 aromatic heterocycles. The van der Waals surface area contributed by atoms with E-state index in [1.165, 1.54) is 0 Å². The number of rotatable bonds is 3. The van der Waals surface area contributed by atoms with Crippen molar-refractivity contribution in [1.29, 1.82) is 0 Å². The summed E-state index contributed by atoms with van der Waals surface area (Å²) >= 11 is 0. The van der Waals surface area contributed by atoms with Crippen molar-refractivity contribution < 1.29 is 9.32 Å². The average molecular weight is 302 g/mol. The standard InChI is InChI=1S/C14H18N6O2/c1-20-7-6-16-8-11(20)12-18-13(22-19-12)9-2-4-10(5-3-9)17-14(15)21/h2-5,11,16H,6-8H2,1H3,(H3,15,17,21). The van der Waals surface area contributed by atoms with E-state index in [-0.39, 0.29) is 6.04 Å². The molecule has 0 spiro atoms. The number of nitrogens with two attached hydrogens (primary N) is 1. The SMILES string of the molecule is CN1CCNCC1c1noc(-c2ccc(NC(N)=O)cc2)n1. The lowest BCUT2D eigenvalue weighted by atomic mass is 10.2. The number of anilines is 1. The Hall–Kier alpha value is -2.45. The number of carbonyl (C=O) groups is 1. The molecule has 1 atom stereocenters. The van der Waals surface area contributed by atoms with Crippen molar-refractivity contribution in [3.63, 3.8) is 0 Å². The van der Waals surface area contributed by atoms with E-state index < -0.39 is 6.03 Å². The van der Waals surface area contributed by atoms with Crippen LogP contribution in [-0.2, 0) is 0 Å². The molecule has 1 aliphatic heterocycles. The fourth-order valence-corrected chi connectivity index (χ4v) is 2.42. The molecule has 1 saturated heterocycles. The molecule has 22 heavy (non-hydrogen) atoms. The van der Waals surface area contributed by atoms with E-state index in [1.807, 2.05) is 7.05 Å². The van der Waals surface area contributed by atoms with Gasteiger partial charge in [-0.25, -0.2) is 4.79 Å². The van der Waals surface area contributed by atoms with Gasteiger partial charge >= 0.3 is 6.03 Å². The second-order valence-electron chi connectivity index (χ2n) is 5.22. The molecular weight excluding hydrogens is 284 g/mol. The minimum absolute atomic E-state index is 0.113. The highest BCUT2D eigenvalue weighted by Gasteiger charge is 2.25. The lowest BCUT2D eigenvalue weighted by Gasteiger charge is -2.30. The van der Waals surface area contributed by atoms with Gasteiger partial charge < -0.3 is 20.9 Å². The van der Waals surface area contributed by atoms with Crippen molar-refractivity contribution >= 4 is 11.7 Å². The van der Waals surface area contributed by atoms with Crippen molar-refractivity contribution in [2.45, 2.75) is 6.04 Å². The lowest BCUT2D eigenvalue weighted by molar-refractivity contribution is 0.190. The van der Waals surface area contributed by atoms with Crippen molar-refractivity contribution in [3.8, 4) is 11.5 Å². The van der Waals surface area contributed by atoms with Crippen LogP contribution in [0.15, 0.2) is 28.8 Å². The predicted octanol–water partition coefficient (Wildman–Crippen LogP) is 0.803. The van der Waals surface area contributed by atoms with Gasteiger partial charge in [-0.15, -0.1) is 0 Å². The second kappa shape index (κ2) is 6.12. The van der Waals surface area contributed by atoms with Gasteiger partial charge in [-0.1, -0.05) is 5.16 Å². The molecule has 1 unspecified atom stereocenters. The van der Waals surface area contributed by atoms with Crippen molar-refractivity contribution in [3.05, 3.63) is 30.1 Å². The normalized spacial score (nSPS) is 19.0. The number of urea groups is 1. The Labute approximate surface area is 127 Å². The summed E-state index contributed by atoms with van der Waals surface area (Å²) in [4.78, 5) is 17.5. The zero-order valence-corrected chi connectivity index (χ0v) is 12.2. The summed E-state index contributed by atoms with van der Waals surface area (Å²) in [5.41, 5.74) is 6.48. The van der Waals surface area contributed by atoms with Gasteiger partial charge in [0.15, 0.2) is 5.82 Å². The Morgan fingerprint density at radius 1 is 1.45 bits per heavy atom. The van der Waals surface area contributed by atoms with Crippen LogP contribution in [0.4, 0.5) is 10.5 Å². The molecule has 116 valence electrons. The number of likely N-dealkylation sites (N-methyl/N-ethyl adjacent to an activating group) is 1. The monoisotopic (exact) mass is 302 g/mol. The Morgan fingerprint density at radius 2 is 2.23 bits per heavy atom. The topological polar surface area (TPSA) is 109 Å². The van der Waals surface area contributed by atoms with E-state index in [4.69, 9.17) is 10.3 Å². The van der Waals surface area contributed by atoms with E-state index >= 15 is 0 Å². The van der Waals surface area contributed by atoms with Gasteiger partial charge in [0.05, 0.1) is 6.04 Å². The summed E-state index contributed by atoms with van der Waals surface area (Å²) in [6, 6.07) is 6.58.